The lowest BCUT2D eigenvalue weighted by Crippen LogP contribution is -2.52. The van der Waals surface area contributed by atoms with Crippen molar-refractivity contribution in [1.29, 1.82) is 0 Å². The molecule has 106 valence electrons. The van der Waals surface area contributed by atoms with E-state index in [1.165, 1.54) is 17.7 Å². The largest absolute Gasteiger partial charge is 0.307 e. The number of hydrogen-bond acceptors (Lipinski definition) is 3. The second-order valence-corrected chi connectivity index (χ2v) is 4.76. The van der Waals surface area contributed by atoms with Crippen LogP contribution in [0.15, 0.2) is 16.8 Å². The van der Waals surface area contributed by atoms with Gasteiger partial charge in [-0.15, -0.1) is 0 Å². The Morgan fingerprint density at radius 2 is 2.06 bits per heavy atom. The van der Waals surface area contributed by atoms with Crippen molar-refractivity contribution in [3.8, 4) is 0 Å². The molecule has 1 N–H and O–H groups in total. The summed E-state index contributed by atoms with van der Waals surface area (Å²) in [4.78, 5) is 6.92. The summed E-state index contributed by atoms with van der Waals surface area (Å²) >= 11 is 0. The second kappa shape index (κ2) is 10.3. The van der Waals surface area contributed by atoms with E-state index in [2.05, 4.69) is 43.0 Å². The average Bonchev–Trinajstić information content (AvgIpc) is 2.38. The van der Waals surface area contributed by atoms with Gasteiger partial charge in [-0.1, -0.05) is 32.8 Å². The highest BCUT2D eigenvalue weighted by atomic mass is 15.2. The van der Waals surface area contributed by atoms with E-state index in [1.54, 1.807) is 0 Å². The maximum Gasteiger partial charge on any atom is 0.0581 e. The number of nitrogens with zero attached hydrogens (tertiary/aromatic N) is 2. The molecule has 18 heavy (non-hydrogen) atoms. The van der Waals surface area contributed by atoms with E-state index in [9.17, 15) is 0 Å². The minimum absolute atomic E-state index is 0.421. The predicted octanol–water partition coefficient (Wildman–Crippen LogP) is 3.08. The number of piperazine rings is 1. The molecule has 0 radical (unpaired) electrons. The van der Waals surface area contributed by atoms with E-state index in [1.807, 2.05) is 20.0 Å². The standard InChI is InChI=1S/C13H25N3.C2H6/c1-5-6-11(2)9-15-12(3)13-10-16(4)8-7-14-13;1-2/h9,13-14H,5-8,10H2,1-4H3;1-2H3/b11-9-,15-12?;. The maximum absolute atomic E-state index is 4.57. The third-order valence-corrected chi connectivity index (χ3v) is 3.02. The highest BCUT2D eigenvalue weighted by molar-refractivity contribution is 5.88. The lowest BCUT2D eigenvalue weighted by molar-refractivity contribution is 0.269. The SMILES string of the molecule is CC.CCC/C(C)=C\N=C(C)C1CN(C)CCN1. The smallest absolute Gasteiger partial charge is 0.0581 e. The average molecular weight is 253 g/mol. The fourth-order valence-electron chi connectivity index (χ4n) is 1.94. The van der Waals surface area contributed by atoms with Gasteiger partial charge in [0.25, 0.3) is 0 Å². The zero-order valence-electron chi connectivity index (χ0n) is 13.1. The molecule has 0 aromatic rings. The number of hydrogen-bond donors (Lipinski definition) is 1. The molecule has 0 bridgehead atoms. The zero-order valence-corrected chi connectivity index (χ0v) is 13.1. The molecule has 0 aliphatic carbocycles. The summed E-state index contributed by atoms with van der Waals surface area (Å²) in [6.07, 6.45) is 4.37. The molecule has 3 heteroatoms. The Balaban J connectivity index is 0.00000137. The topological polar surface area (TPSA) is 27.6 Å². The van der Waals surface area contributed by atoms with Crippen LogP contribution < -0.4 is 5.32 Å². The molecule has 3 nitrogen and oxygen atoms in total. The van der Waals surface area contributed by atoms with Crippen molar-refractivity contribution in [3.05, 3.63) is 11.8 Å². The van der Waals surface area contributed by atoms with Gasteiger partial charge in [0, 0.05) is 31.5 Å². The van der Waals surface area contributed by atoms with Crippen LogP contribution in [-0.2, 0) is 0 Å². The highest BCUT2D eigenvalue weighted by Crippen LogP contribution is 2.04. The molecule has 1 saturated heterocycles. The van der Waals surface area contributed by atoms with Crippen LogP contribution in [0.25, 0.3) is 0 Å². The number of allylic oxidation sites excluding steroid dienone is 1. The van der Waals surface area contributed by atoms with Gasteiger partial charge >= 0.3 is 0 Å². The molecule has 0 amide bonds. The van der Waals surface area contributed by atoms with E-state index in [0.717, 1.165) is 26.1 Å². The second-order valence-electron chi connectivity index (χ2n) is 4.76. The van der Waals surface area contributed by atoms with Crippen LogP contribution in [-0.4, -0.2) is 43.3 Å². The van der Waals surface area contributed by atoms with Gasteiger partial charge in [-0.3, -0.25) is 4.99 Å². The Kier molecular flexibility index (Phi) is 9.89. The first kappa shape index (κ1) is 17.3. The molecular formula is C15H31N3. The summed E-state index contributed by atoms with van der Waals surface area (Å²) in [5, 5.41) is 3.50. The van der Waals surface area contributed by atoms with Gasteiger partial charge in [-0.2, -0.15) is 0 Å². The predicted molar refractivity (Wildman–Crippen MR) is 82.4 cm³/mol. The Labute approximate surface area is 113 Å². The van der Waals surface area contributed by atoms with Crippen molar-refractivity contribution in [2.45, 2.75) is 53.5 Å². The van der Waals surface area contributed by atoms with Crippen LogP contribution in [0.3, 0.4) is 0 Å². The number of nitrogens with one attached hydrogen (secondary N) is 1. The maximum atomic E-state index is 4.57. The molecule has 0 aromatic carbocycles. The minimum Gasteiger partial charge on any atom is -0.307 e. The lowest BCUT2D eigenvalue weighted by Gasteiger charge is -2.30. The molecule has 1 fully saturated rings. The van der Waals surface area contributed by atoms with Crippen molar-refractivity contribution < 1.29 is 0 Å². The Morgan fingerprint density at radius 1 is 1.39 bits per heavy atom. The monoisotopic (exact) mass is 253 g/mol. The van der Waals surface area contributed by atoms with E-state index in [0.29, 0.717) is 6.04 Å². The van der Waals surface area contributed by atoms with Gasteiger partial charge in [0.1, 0.15) is 0 Å². The van der Waals surface area contributed by atoms with Crippen LogP contribution in [0.5, 0.6) is 0 Å². The van der Waals surface area contributed by atoms with E-state index < -0.39 is 0 Å². The first-order valence-electron chi connectivity index (χ1n) is 7.25. The molecule has 1 rings (SSSR count). The van der Waals surface area contributed by atoms with Crippen LogP contribution in [0.2, 0.25) is 0 Å². The van der Waals surface area contributed by atoms with Crippen LogP contribution in [0.1, 0.15) is 47.5 Å². The van der Waals surface area contributed by atoms with Crippen molar-refractivity contribution >= 4 is 5.71 Å². The fourth-order valence-corrected chi connectivity index (χ4v) is 1.94. The first-order valence-corrected chi connectivity index (χ1v) is 7.25. The zero-order chi connectivity index (χ0) is 14.0. The Morgan fingerprint density at radius 3 is 2.61 bits per heavy atom. The van der Waals surface area contributed by atoms with Crippen molar-refractivity contribution in [3.63, 3.8) is 0 Å². The van der Waals surface area contributed by atoms with Gasteiger partial charge in [0.15, 0.2) is 0 Å². The number of rotatable bonds is 4. The lowest BCUT2D eigenvalue weighted by atomic mass is 10.1. The molecule has 0 spiro atoms. The Hall–Kier alpha value is -0.670. The van der Waals surface area contributed by atoms with Crippen molar-refractivity contribution in [2.75, 3.05) is 26.7 Å². The van der Waals surface area contributed by atoms with E-state index >= 15 is 0 Å². The molecule has 1 atom stereocenters. The van der Waals surface area contributed by atoms with E-state index in [-0.39, 0.29) is 0 Å². The van der Waals surface area contributed by atoms with Crippen LogP contribution in [0.4, 0.5) is 0 Å². The Bertz CT molecular complexity index is 269. The third-order valence-electron chi connectivity index (χ3n) is 3.02. The summed E-state index contributed by atoms with van der Waals surface area (Å²) in [5.41, 5.74) is 2.56. The highest BCUT2D eigenvalue weighted by Gasteiger charge is 2.18. The molecule has 1 heterocycles. The van der Waals surface area contributed by atoms with Crippen molar-refractivity contribution in [2.24, 2.45) is 4.99 Å². The molecule has 1 aliphatic heterocycles. The summed E-state index contributed by atoms with van der Waals surface area (Å²) in [5.74, 6) is 0. The quantitative estimate of drug-likeness (QED) is 0.780. The van der Waals surface area contributed by atoms with Crippen molar-refractivity contribution in [1.82, 2.24) is 10.2 Å². The molecule has 0 aromatic heterocycles. The molecular weight excluding hydrogens is 222 g/mol. The molecule has 1 aliphatic rings. The van der Waals surface area contributed by atoms with Gasteiger partial charge in [0.05, 0.1) is 6.04 Å². The van der Waals surface area contributed by atoms with Gasteiger partial charge in [-0.05, 0) is 27.3 Å². The van der Waals surface area contributed by atoms with Gasteiger partial charge in [0.2, 0.25) is 0 Å². The first-order chi connectivity index (χ1) is 8.63. The molecule has 1 unspecified atom stereocenters. The number of aliphatic imine (C=N–C) groups is 1. The minimum atomic E-state index is 0.421. The fraction of sp³-hybridized carbons (Fsp3) is 0.800. The van der Waals surface area contributed by atoms with Crippen LogP contribution >= 0.6 is 0 Å². The molecule has 0 saturated carbocycles. The van der Waals surface area contributed by atoms with E-state index in [4.69, 9.17) is 0 Å². The summed E-state index contributed by atoms with van der Waals surface area (Å²) in [7, 11) is 2.17. The van der Waals surface area contributed by atoms with Gasteiger partial charge < -0.3 is 10.2 Å². The van der Waals surface area contributed by atoms with Crippen LogP contribution in [0, 0.1) is 0 Å². The normalized spacial score (nSPS) is 22.4. The summed E-state index contributed by atoms with van der Waals surface area (Å²) in [6, 6.07) is 0.421. The van der Waals surface area contributed by atoms with Gasteiger partial charge in [-0.25, -0.2) is 0 Å². The summed E-state index contributed by atoms with van der Waals surface area (Å²) < 4.78 is 0. The number of likely N-dealkylation sites (N-methyl/N-ethyl adjacent to an activating group) is 1. The third kappa shape index (κ3) is 6.92. The summed E-state index contributed by atoms with van der Waals surface area (Å²) in [6.45, 7) is 13.7.